The summed E-state index contributed by atoms with van der Waals surface area (Å²) in [6.45, 7) is 5.55. The number of H-pyrrole nitrogens is 1. The van der Waals surface area contributed by atoms with Crippen LogP contribution in [0.2, 0.25) is 5.28 Å². The number of ketones is 1. The number of methoxy groups -OCH3 is 1. The Morgan fingerprint density at radius 3 is 2.52 bits per heavy atom. The van der Waals surface area contributed by atoms with Gasteiger partial charge in [0.15, 0.2) is 0 Å². The zero-order chi connectivity index (χ0) is 29.0. The van der Waals surface area contributed by atoms with Crippen LogP contribution >= 0.6 is 11.6 Å². The minimum Gasteiger partial charge on any atom is -0.497 e. The van der Waals surface area contributed by atoms with Crippen molar-refractivity contribution in [2.75, 3.05) is 12.4 Å². The first-order valence-corrected chi connectivity index (χ1v) is 12.8. The number of anilines is 1. The predicted octanol–water partition coefficient (Wildman–Crippen LogP) is 4.18. The fourth-order valence-corrected chi connectivity index (χ4v) is 4.57. The minimum atomic E-state index is -0.770. The molecule has 0 fully saturated rings. The van der Waals surface area contributed by atoms with Crippen molar-refractivity contribution in [3.63, 3.8) is 0 Å². The quantitative estimate of drug-likeness (QED) is 0.230. The van der Waals surface area contributed by atoms with Gasteiger partial charge in [-0.05, 0) is 65.9 Å². The van der Waals surface area contributed by atoms with Gasteiger partial charge in [-0.3, -0.25) is 19.1 Å². The number of rotatable bonds is 9. The molecule has 0 aliphatic heterocycles. The second kappa shape index (κ2) is 12.0. The Hall–Kier alpha value is -4.75. The van der Waals surface area contributed by atoms with Crippen LogP contribution in [0.1, 0.15) is 63.8 Å². The number of halogens is 1. The van der Waals surface area contributed by atoms with Gasteiger partial charge in [-0.1, -0.05) is 26.0 Å². The third-order valence-electron chi connectivity index (χ3n) is 6.20. The van der Waals surface area contributed by atoms with E-state index in [9.17, 15) is 19.6 Å². The van der Waals surface area contributed by atoms with E-state index in [0.717, 1.165) is 11.3 Å². The van der Waals surface area contributed by atoms with Gasteiger partial charge in [0.1, 0.15) is 17.3 Å². The van der Waals surface area contributed by atoms with Gasteiger partial charge in [0.05, 0.1) is 31.0 Å². The van der Waals surface area contributed by atoms with Crippen molar-refractivity contribution in [3.05, 3.63) is 114 Å². The standard InChI is InChI=1S/C29H27ClN6O4/c1-16(2)24-25(26(37)20-10-17(3)9-19(11-20)13-31)36(29(39)35-27(24)38)15-21-12-23(34-28(30)33-21)32-14-18-5-7-22(40-4)8-6-18/h5-12,16H,14-15H2,1-4H3,(H,32,33,34)(H,35,38,39). The fraction of sp³-hybridized carbons (Fsp3) is 0.241. The summed E-state index contributed by atoms with van der Waals surface area (Å²) in [4.78, 5) is 50.6. The topological polar surface area (TPSA) is 143 Å². The van der Waals surface area contributed by atoms with Gasteiger partial charge in [0.25, 0.3) is 5.56 Å². The van der Waals surface area contributed by atoms with Crippen molar-refractivity contribution in [2.45, 2.75) is 39.8 Å². The fourth-order valence-electron chi connectivity index (χ4n) is 4.37. The maximum Gasteiger partial charge on any atom is 0.329 e. The van der Waals surface area contributed by atoms with Crippen LogP contribution in [0, 0.1) is 18.3 Å². The second-order valence-corrected chi connectivity index (χ2v) is 9.84. The Morgan fingerprint density at radius 2 is 1.88 bits per heavy atom. The number of aryl methyl sites for hydroxylation is 1. The monoisotopic (exact) mass is 558 g/mol. The van der Waals surface area contributed by atoms with E-state index in [1.165, 1.54) is 10.6 Å². The summed E-state index contributed by atoms with van der Waals surface area (Å²) in [5, 5.41) is 12.5. The van der Waals surface area contributed by atoms with Crippen LogP contribution < -0.4 is 21.3 Å². The molecule has 0 radical (unpaired) electrons. The van der Waals surface area contributed by atoms with E-state index in [2.05, 4.69) is 20.3 Å². The van der Waals surface area contributed by atoms with Crippen molar-refractivity contribution in [1.82, 2.24) is 19.5 Å². The Kier molecular flexibility index (Phi) is 8.46. The Balaban J connectivity index is 1.75. The zero-order valence-corrected chi connectivity index (χ0v) is 23.2. The van der Waals surface area contributed by atoms with Crippen LogP contribution in [0.25, 0.3) is 0 Å². The Labute approximate surface area is 235 Å². The van der Waals surface area contributed by atoms with E-state index < -0.39 is 17.0 Å². The molecular weight excluding hydrogens is 532 g/mol. The molecule has 11 heteroatoms. The number of nitriles is 1. The lowest BCUT2D eigenvalue weighted by molar-refractivity contribution is 0.102. The van der Waals surface area contributed by atoms with E-state index in [1.807, 2.05) is 30.3 Å². The van der Waals surface area contributed by atoms with Gasteiger partial charge in [-0.25, -0.2) is 14.8 Å². The number of hydrogen-bond donors (Lipinski definition) is 2. The highest BCUT2D eigenvalue weighted by Gasteiger charge is 2.25. The van der Waals surface area contributed by atoms with Crippen LogP contribution in [0.4, 0.5) is 5.82 Å². The number of ether oxygens (including phenoxy) is 1. The van der Waals surface area contributed by atoms with Crippen molar-refractivity contribution in [3.8, 4) is 11.8 Å². The molecule has 40 heavy (non-hydrogen) atoms. The summed E-state index contributed by atoms with van der Waals surface area (Å²) >= 11 is 6.21. The first-order valence-electron chi connectivity index (χ1n) is 12.4. The lowest BCUT2D eigenvalue weighted by atomic mass is 9.95. The normalized spacial score (nSPS) is 10.8. The number of carbonyl (C=O) groups is 1. The molecule has 0 saturated heterocycles. The number of nitrogens with zero attached hydrogens (tertiary/aromatic N) is 4. The molecule has 0 bridgehead atoms. The van der Waals surface area contributed by atoms with E-state index in [1.54, 1.807) is 46.1 Å². The molecule has 0 aliphatic rings. The van der Waals surface area contributed by atoms with Gasteiger partial charge < -0.3 is 10.1 Å². The number of nitrogens with one attached hydrogen (secondary N) is 2. The summed E-state index contributed by atoms with van der Waals surface area (Å²) in [6, 6.07) is 15.9. The van der Waals surface area contributed by atoms with Crippen LogP contribution in [-0.4, -0.2) is 32.4 Å². The lowest BCUT2D eigenvalue weighted by Crippen LogP contribution is -2.38. The third kappa shape index (κ3) is 6.27. The number of benzene rings is 2. The van der Waals surface area contributed by atoms with Crippen LogP contribution in [0.5, 0.6) is 5.75 Å². The molecule has 2 N–H and O–H groups in total. The summed E-state index contributed by atoms with van der Waals surface area (Å²) < 4.78 is 6.37. The molecule has 0 spiro atoms. The van der Waals surface area contributed by atoms with Crippen molar-refractivity contribution < 1.29 is 9.53 Å². The Bertz CT molecular complexity index is 1740. The SMILES string of the molecule is COc1ccc(CNc2cc(Cn3c(C(=O)c4cc(C)cc(C#N)c4)c(C(C)C)c(=O)[nH]c3=O)nc(Cl)n2)cc1. The highest BCUT2D eigenvalue weighted by molar-refractivity contribution is 6.28. The number of aromatic nitrogens is 4. The van der Waals surface area contributed by atoms with E-state index in [0.29, 0.717) is 29.2 Å². The van der Waals surface area contributed by atoms with Gasteiger partial charge in [0.2, 0.25) is 11.1 Å². The molecule has 4 aromatic rings. The maximum absolute atomic E-state index is 13.8. The number of hydrogen-bond acceptors (Lipinski definition) is 8. The molecule has 204 valence electrons. The van der Waals surface area contributed by atoms with E-state index >= 15 is 0 Å². The summed E-state index contributed by atoms with van der Waals surface area (Å²) in [7, 11) is 1.60. The van der Waals surface area contributed by atoms with Gasteiger partial charge >= 0.3 is 5.69 Å². The number of aromatic amines is 1. The largest absolute Gasteiger partial charge is 0.497 e. The van der Waals surface area contributed by atoms with Crippen LogP contribution in [0.15, 0.2) is 58.1 Å². The molecule has 10 nitrogen and oxygen atoms in total. The Morgan fingerprint density at radius 1 is 1.15 bits per heavy atom. The van der Waals surface area contributed by atoms with Crippen LogP contribution in [0.3, 0.4) is 0 Å². The molecule has 2 aromatic heterocycles. The molecule has 0 amide bonds. The molecule has 0 unspecified atom stereocenters. The first kappa shape index (κ1) is 28.3. The highest BCUT2D eigenvalue weighted by atomic mass is 35.5. The van der Waals surface area contributed by atoms with Gasteiger partial charge in [0, 0.05) is 23.7 Å². The maximum atomic E-state index is 13.8. The van der Waals surface area contributed by atoms with E-state index in [-0.39, 0.29) is 34.6 Å². The van der Waals surface area contributed by atoms with Crippen molar-refractivity contribution >= 4 is 23.2 Å². The summed E-state index contributed by atoms with van der Waals surface area (Å²) in [5.74, 6) is 0.219. The van der Waals surface area contributed by atoms with Crippen molar-refractivity contribution in [2.24, 2.45) is 0 Å². The second-order valence-electron chi connectivity index (χ2n) is 9.51. The minimum absolute atomic E-state index is 0.0542. The molecule has 2 heterocycles. The molecule has 2 aromatic carbocycles. The van der Waals surface area contributed by atoms with Crippen LogP contribution in [-0.2, 0) is 13.1 Å². The third-order valence-corrected chi connectivity index (χ3v) is 6.37. The highest BCUT2D eigenvalue weighted by Crippen LogP contribution is 2.21. The van der Waals surface area contributed by atoms with Crippen molar-refractivity contribution in [1.29, 1.82) is 5.26 Å². The first-order chi connectivity index (χ1) is 19.1. The summed E-state index contributed by atoms with van der Waals surface area (Å²) in [5.41, 5.74) is 1.17. The molecule has 0 atom stereocenters. The average Bonchev–Trinajstić information content (AvgIpc) is 2.92. The van der Waals surface area contributed by atoms with Gasteiger partial charge in [-0.2, -0.15) is 5.26 Å². The molecular formula is C29H27ClN6O4. The number of carbonyl (C=O) groups excluding carboxylic acids is 1. The zero-order valence-electron chi connectivity index (χ0n) is 22.4. The molecule has 0 saturated carbocycles. The smallest absolute Gasteiger partial charge is 0.329 e. The lowest BCUT2D eigenvalue weighted by Gasteiger charge is -2.18. The molecule has 0 aliphatic carbocycles. The summed E-state index contributed by atoms with van der Waals surface area (Å²) in [6.07, 6.45) is 0. The van der Waals surface area contributed by atoms with E-state index in [4.69, 9.17) is 16.3 Å². The predicted molar refractivity (Wildman–Crippen MR) is 151 cm³/mol. The average molecular weight is 559 g/mol. The van der Waals surface area contributed by atoms with Gasteiger partial charge in [-0.15, -0.1) is 0 Å². The molecule has 4 rings (SSSR count).